The van der Waals surface area contributed by atoms with Crippen molar-refractivity contribution in [1.29, 1.82) is 0 Å². The van der Waals surface area contributed by atoms with Crippen molar-refractivity contribution >= 4 is 29.0 Å². The summed E-state index contributed by atoms with van der Waals surface area (Å²) in [5.74, 6) is 1.48. The van der Waals surface area contributed by atoms with E-state index in [1.54, 1.807) is 6.07 Å². The first-order valence-corrected chi connectivity index (χ1v) is 14.4. The number of anilines is 2. The largest absolute Gasteiger partial charge is 0.490 e. The minimum absolute atomic E-state index is 0.104. The van der Waals surface area contributed by atoms with E-state index in [0.29, 0.717) is 16.1 Å². The fraction of sp³-hybridized carbons (Fsp3) is 0.621. The molecule has 2 aromatic rings. The van der Waals surface area contributed by atoms with Crippen LogP contribution in [0.3, 0.4) is 0 Å². The van der Waals surface area contributed by atoms with Gasteiger partial charge in [-0.15, -0.1) is 10.2 Å². The van der Waals surface area contributed by atoms with Gasteiger partial charge in [0.05, 0.1) is 22.9 Å². The summed E-state index contributed by atoms with van der Waals surface area (Å²) in [7, 11) is 1.85. The zero-order valence-electron chi connectivity index (χ0n) is 22.5. The minimum atomic E-state index is -0.169. The molecule has 0 radical (unpaired) electrons. The highest BCUT2D eigenvalue weighted by atomic mass is 35.5. The molecule has 0 unspecified atom stereocenters. The molecule has 9 heteroatoms. The predicted molar refractivity (Wildman–Crippen MR) is 150 cm³/mol. The zero-order chi connectivity index (χ0) is 26.7. The number of nitrogens with zero attached hydrogens (tertiary/aromatic N) is 3. The van der Waals surface area contributed by atoms with Gasteiger partial charge < -0.3 is 25.4 Å². The molecule has 1 amide bonds. The second-order valence-electron chi connectivity index (χ2n) is 11.4. The number of carbonyl (C=O) groups excluding carboxylic acids is 1. The van der Waals surface area contributed by atoms with Crippen molar-refractivity contribution in [2.75, 3.05) is 30.4 Å². The minimum Gasteiger partial charge on any atom is -0.490 e. The van der Waals surface area contributed by atoms with Crippen molar-refractivity contribution < 1.29 is 14.6 Å². The normalized spacial score (nSPS) is 23.7. The second-order valence-corrected chi connectivity index (χ2v) is 11.7. The molecule has 206 valence electrons. The number of aliphatic hydroxyl groups is 1. The first-order valence-electron chi connectivity index (χ1n) is 14.1. The summed E-state index contributed by atoms with van der Waals surface area (Å²) in [6.45, 7) is 3.88. The van der Waals surface area contributed by atoms with Crippen LogP contribution in [0.25, 0.3) is 0 Å². The molecule has 1 aliphatic heterocycles. The second kappa shape index (κ2) is 11.7. The van der Waals surface area contributed by atoms with Crippen LogP contribution in [0, 0.1) is 12.3 Å². The molecule has 2 saturated carbocycles. The lowest BCUT2D eigenvalue weighted by molar-refractivity contribution is 0.0477. The quantitative estimate of drug-likeness (QED) is 0.466. The van der Waals surface area contributed by atoms with Crippen molar-refractivity contribution in [1.82, 2.24) is 15.5 Å². The smallest absolute Gasteiger partial charge is 0.272 e. The van der Waals surface area contributed by atoms with Crippen LogP contribution in [-0.2, 0) is 0 Å². The number of halogens is 1. The number of aromatic nitrogens is 2. The van der Waals surface area contributed by atoms with Gasteiger partial charge in [0.25, 0.3) is 5.91 Å². The topological polar surface area (TPSA) is 99.6 Å². The van der Waals surface area contributed by atoms with Crippen LogP contribution in [0.4, 0.5) is 11.5 Å². The number of piperidine rings is 1. The number of hydrogen-bond acceptors (Lipinski definition) is 7. The Morgan fingerprint density at radius 1 is 1.03 bits per heavy atom. The van der Waals surface area contributed by atoms with Crippen molar-refractivity contribution in [3.63, 3.8) is 0 Å². The van der Waals surface area contributed by atoms with Crippen LogP contribution < -0.4 is 20.3 Å². The first-order chi connectivity index (χ1) is 18.4. The summed E-state index contributed by atoms with van der Waals surface area (Å²) in [5.41, 5.74) is 2.57. The first kappa shape index (κ1) is 27.0. The van der Waals surface area contributed by atoms with Crippen molar-refractivity contribution in [3.05, 3.63) is 40.5 Å². The molecule has 1 saturated heterocycles. The van der Waals surface area contributed by atoms with Crippen LogP contribution in [0.2, 0.25) is 5.02 Å². The molecule has 1 aromatic carbocycles. The summed E-state index contributed by atoms with van der Waals surface area (Å²) < 4.78 is 6.25. The Kier molecular flexibility index (Phi) is 8.29. The molecule has 3 fully saturated rings. The van der Waals surface area contributed by atoms with Crippen molar-refractivity contribution in [2.45, 2.75) is 89.4 Å². The molecular weight excluding hydrogens is 502 g/mol. The van der Waals surface area contributed by atoms with Gasteiger partial charge in [-0.05, 0) is 101 Å². The standard InChI is InChI=1S/C29H40ClN5O3/c1-19-25(9-7-23(31-2)27(19)30)38-22-5-3-20(4-6-22)32-28(37)24-8-10-26(34-33-24)35-17-15-29(16-18-35)13-11-21(36)12-14-29/h7-10,20-22,31,36H,3-6,11-18H2,1-2H3,(H,32,37). The van der Waals surface area contributed by atoms with Gasteiger partial charge in [-0.3, -0.25) is 4.79 Å². The summed E-state index contributed by atoms with van der Waals surface area (Å²) >= 11 is 6.43. The van der Waals surface area contributed by atoms with E-state index in [2.05, 4.69) is 25.7 Å². The van der Waals surface area contributed by atoms with E-state index in [1.165, 1.54) is 0 Å². The molecule has 1 spiro atoms. The van der Waals surface area contributed by atoms with E-state index >= 15 is 0 Å². The molecule has 3 N–H and O–H groups in total. The third-order valence-corrected chi connectivity index (χ3v) is 9.44. The van der Waals surface area contributed by atoms with Crippen LogP contribution in [0.15, 0.2) is 24.3 Å². The average molecular weight is 542 g/mol. The molecule has 2 heterocycles. The maximum Gasteiger partial charge on any atom is 0.272 e. The highest BCUT2D eigenvalue weighted by Crippen LogP contribution is 2.45. The average Bonchev–Trinajstić information content (AvgIpc) is 2.95. The highest BCUT2D eigenvalue weighted by molar-refractivity contribution is 6.34. The van der Waals surface area contributed by atoms with Gasteiger partial charge in [0, 0.05) is 31.7 Å². The van der Waals surface area contributed by atoms with Gasteiger partial charge in [0.1, 0.15) is 5.75 Å². The third kappa shape index (κ3) is 6.01. The van der Waals surface area contributed by atoms with E-state index in [4.69, 9.17) is 16.3 Å². The zero-order valence-corrected chi connectivity index (χ0v) is 23.3. The molecule has 0 bridgehead atoms. The Morgan fingerprint density at radius 2 is 1.74 bits per heavy atom. The number of nitrogens with one attached hydrogen (secondary N) is 2. The molecular formula is C29H40ClN5O3. The molecule has 5 rings (SSSR count). The fourth-order valence-corrected chi connectivity index (χ4v) is 6.54. The number of hydrogen-bond donors (Lipinski definition) is 3. The number of amides is 1. The monoisotopic (exact) mass is 541 g/mol. The van der Waals surface area contributed by atoms with E-state index in [-0.39, 0.29) is 24.2 Å². The van der Waals surface area contributed by atoms with Gasteiger partial charge in [0.15, 0.2) is 11.5 Å². The highest BCUT2D eigenvalue weighted by Gasteiger charge is 2.38. The van der Waals surface area contributed by atoms with Crippen LogP contribution in [0.1, 0.15) is 80.3 Å². The summed E-state index contributed by atoms with van der Waals surface area (Å²) in [5, 5.41) is 25.4. The predicted octanol–water partition coefficient (Wildman–Crippen LogP) is 5.12. The molecule has 0 atom stereocenters. The summed E-state index contributed by atoms with van der Waals surface area (Å²) in [4.78, 5) is 15.1. The number of rotatable bonds is 6. The maximum atomic E-state index is 12.8. The Balaban J connectivity index is 1.08. The Bertz CT molecular complexity index is 1100. The van der Waals surface area contributed by atoms with Gasteiger partial charge in [-0.25, -0.2) is 0 Å². The number of aliphatic hydroxyl groups excluding tert-OH is 1. The van der Waals surface area contributed by atoms with Crippen LogP contribution in [0.5, 0.6) is 5.75 Å². The van der Waals surface area contributed by atoms with Gasteiger partial charge in [-0.2, -0.15) is 0 Å². The summed E-state index contributed by atoms with van der Waals surface area (Å²) in [6.07, 6.45) is 9.81. The lowest BCUT2D eigenvalue weighted by Crippen LogP contribution is -2.43. The Labute approximate surface area is 230 Å². The van der Waals surface area contributed by atoms with E-state index in [9.17, 15) is 9.90 Å². The Morgan fingerprint density at radius 3 is 2.37 bits per heavy atom. The van der Waals surface area contributed by atoms with Gasteiger partial charge >= 0.3 is 0 Å². The molecule has 38 heavy (non-hydrogen) atoms. The van der Waals surface area contributed by atoms with Gasteiger partial charge in [-0.1, -0.05) is 11.6 Å². The van der Waals surface area contributed by atoms with Crippen LogP contribution >= 0.6 is 11.6 Å². The maximum absolute atomic E-state index is 12.8. The van der Waals surface area contributed by atoms with E-state index in [0.717, 1.165) is 100 Å². The fourth-order valence-electron chi connectivity index (χ4n) is 6.29. The third-order valence-electron chi connectivity index (χ3n) is 8.96. The Hall–Kier alpha value is -2.58. The lowest BCUT2D eigenvalue weighted by Gasteiger charge is -2.45. The number of benzene rings is 1. The molecule has 2 aliphatic carbocycles. The lowest BCUT2D eigenvalue weighted by atomic mass is 9.67. The number of ether oxygens (including phenoxy) is 1. The van der Waals surface area contributed by atoms with Gasteiger partial charge in [0.2, 0.25) is 0 Å². The van der Waals surface area contributed by atoms with Crippen molar-refractivity contribution in [2.24, 2.45) is 5.41 Å². The molecule has 8 nitrogen and oxygen atoms in total. The SMILES string of the molecule is CNc1ccc(OC2CCC(NC(=O)c3ccc(N4CCC5(CCC(O)CC5)CC4)nn3)CC2)c(C)c1Cl. The van der Waals surface area contributed by atoms with Crippen molar-refractivity contribution in [3.8, 4) is 5.75 Å². The van der Waals surface area contributed by atoms with E-state index < -0.39 is 0 Å². The number of carbonyl (C=O) groups is 1. The molecule has 1 aromatic heterocycles. The molecule has 3 aliphatic rings. The van der Waals surface area contributed by atoms with Crippen LogP contribution in [-0.4, -0.2) is 59.6 Å². The summed E-state index contributed by atoms with van der Waals surface area (Å²) in [6, 6.07) is 7.71. The van der Waals surface area contributed by atoms with E-state index in [1.807, 2.05) is 32.2 Å².